The topological polar surface area (TPSA) is 34.8 Å². The Balaban J connectivity index is 1.98. The lowest BCUT2D eigenvalue weighted by atomic mass is 10.1. The molecule has 2 heterocycles. The molecule has 4 nitrogen and oxygen atoms in total. The molecule has 0 aliphatic rings. The molecule has 3 aromatic rings. The van der Waals surface area contributed by atoms with Crippen LogP contribution in [0.3, 0.4) is 0 Å². The van der Waals surface area contributed by atoms with Gasteiger partial charge in [0.05, 0.1) is 17.8 Å². The maximum Gasteiger partial charge on any atom is 0.0821 e. The fourth-order valence-electron chi connectivity index (χ4n) is 2.60. The summed E-state index contributed by atoms with van der Waals surface area (Å²) >= 11 is 0. The molecular formula is C16H20N4. The Morgan fingerprint density at radius 1 is 1.15 bits per heavy atom. The minimum absolute atomic E-state index is 0.813. The van der Waals surface area contributed by atoms with Gasteiger partial charge in [0.25, 0.3) is 0 Å². The molecule has 1 aromatic carbocycles. The summed E-state index contributed by atoms with van der Waals surface area (Å²) in [7, 11) is 1.95. The van der Waals surface area contributed by atoms with Crippen LogP contribution in [0.2, 0.25) is 0 Å². The Morgan fingerprint density at radius 2 is 2.05 bits per heavy atom. The van der Waals surface area contributed by atoms with E-state index in [1.54, 1.807) is 0 Å². The van der Waals surface area contributed by atoms with Gasteiger partial charge in [-0.25, -0.2) is 0 Å². The molecular weight excluding hydrogens is 248 g/mol. The lowest BCUT2D eigenvalue weighted by molar-refractivity contribution is 0.707. The zero-order chi connectivity index (χ0) is 13.9. The predicted molar refractivity (Wildman–Crippen MR) is 81.6 cm³/mol. The molecule has 0 unspecified atom stereocenters. The van der Waals surface area contributed by atoms with Crippen molar-refractivity contribution in [3.8, 4) is 0 Å². The second-order valence-electron chi connectivity index (χ2n) is 5.06. The zero-order valence-electron chi connectivity index (χ0n) is 12.0. The quantitative estimate of drug-likeness (QED) is 0.771. The molecule has 0 amide bonds. The highest BCUT2D eigenvalue weighted by molar-refractivity contribution is 5.83. The number of hydrogen-bond acceptors (Lipinski definition) is 2. The second-order valence-corrected chi connectivity index (χ2v) is 5.06. The zero-order valence-corrected chi connectivity index (χ0v) is 12.0. The van der Waals surface area contributed by atoms with Gasteiger partial charge in [-0.15, -0.1) is 0 Å². The molecule has 0 spiro atoms. The largest absolute Gasteiger partial charge is 0.341 e. The van der Waals surface area contributed by atoms with Gasteiger partial charge in [-0.3, -0.25) is 4.68 Å². The number of hydrogen-bond donors (Lipinski definition) is 1. The molecule has 0 saturated heterocycles. The van der Waals surface area contributed by atoms with Gasteiger partial charge in [0, 0.05) is 26.0 Å². The summed E-state index contributed by atoms with van der Waals surface area (Å²) in [4.78, 5) is 0. The first-order valence-corrected chi connectivity index (χ1v) is 7.04. The van der Waals surface area contributed by atoms with Crippen molar-refractivity contribution in [2.24, 2.45) is 7.05 Å². The van der Waals surface area contributed by atoms with Crippen LogP contribution in [-0.4, -0.2) is 20.9 Å². The highest BCUT2D eigenvalue weighted by Gasteiger charge is 2.07. The number of aryl methyl sites for hydroxylation is 1. The van der Waals surface area contributed by atoms with E-state index in [1.165, 1.54) is 16.5 Å². The highest BCUT2D eigenvalue weighted by atomic mass is 15.3. The summed E-state index contributed by atoms with van der Waals surface area (Å²) in [5, 5.41) is 9.16. The molecule has 0 fully saturated rings. The van der Waals surface area contributed by atoms with Gasteiger partial charge in [0.2, 0.25) is 0 Å². The van der Waals surface area contributed by atoms with Gasteiger partial charge >= 0.3 is 0 Å². The summed E-state index contributed by atoms with van der Waals surface area (Å²) in [5.74, 6) is 0. The van der Waals surface area contributed by atoms with Crippen LogP contribution in [0.1, 0.15) is 18.2 Å². The summed E-state index contributed by atoms with van der Waals surface area (Å²) in [5.41, 5.74) is 3.73. The molecule has 104 valence electrons. The number of fused-ring (bicyclic) bond motifs is 1. The molecule has 2 aromatic heterocycles. The van der Waals surface area contributed by atoms with E-state index >= 15 is 0 Å². The van der Waals surface area contributed by atoms with Crippen LogP contribution < -0.4 is 5.32 Å². The molecule has 4 heteroatoms. The van der Waals surface area contributed by atoms with E-state index in [0.29, 0.717) is 0 Å². The number of para-hydroxylation sites is 1. The monoisotopic (exact) mass is 268 g/mol. The van der Waals surface area contributed by atoms with Crippen LogP contribution in [0, 0.1) is 0 Å². The number of nitrogens with one attached hydrogen (secondary N) is 1. The van der Waals surface area contributed by atoms with Crippen molar-refractivity contribution >= 4 is 10.9 Å². The molecule has 0 atom stereocenters. The van der Waals surface area contributed by atoms with Gasteiger partial charge < -0.3 is 9.88 Å². The molecule has 0 saturated carbocycles. The molecule has 0 radical (unpaired) electrons. The van der Waals surface area contributed by atoms with E-state index in [9.17, 15) is 0 Å². The predicted octanol–water partition coefficient (Wildman–Crippen LogP) is 2.53. The van der Waals surface area contributed by atoms with Crippen molar-refractivity contribution in [2.75, 3.05) is 6.54 Å². The lowest BCUT2D eigenvalue weighted by Gasteiger charge is -2.09. The molecule has 0 aliphatic heterocycles. The number of aromatic nitrogens is 3. The molecule has 0 aliphatic carbocycles. The van der Waals surface area contributed by atoms with Gasteiger partial charge in [-0.2, -0.15) is 5.10 Å². The van der Waals surface area contributed by atoms with Crippen molar-refractivity contribution in [1.82, 2.24) is 19.7 Å². The number of nitrogens with zero attached hydrogens (tertiary/aromatic N) is 3. The van der Waals surface area contributed by atoms with Gasteiger partial charge in [-0.1, -0.05) is 25.1 Å². The Hall–Kier alpha value is -2.07. The third kappa shape index (κ3) is 2.47. The second kappa shape index (κ2) is 5.51. The number of rotatable bonds is 5. The Kier molecular flexibility index (Phi) is 3.56. The maximum atomic E-state index is 4.46. The Morgan fingerprint density at radius 3 is 2.80 bits per heavy atom. The van der Waals surface area contributed by atoms with E-state index in [2.05, 4.69) is 58.4 Å². The standard InChI is InChI=1S/C16H20N4/c1-3-17-11-14-6-4-5-13-7-10-20(16(13)14)12-15-8-9-19(2)18-15/h4-10,17H,3,11-12H2,1-2H3. The lowest BCUT2D eigenvalue weighted by Crippen LogP contribution is -2.13. The minimum Gasteiger partial charge on any atom is -0.341 e. The van der Waals surface area contributed by atoms with Gasteiger partial charge in [0.15, 0.2) is 0 Å². The normalized spacial score (nSPS) is 11.3. The van der Waals surface area contributed by atoms with E-state index in [0.717, 1.165) is 25.3 Å². The molecule has 20 heavy (non-hydrogen) atoms. The average Bonchev–Trinajstić information content (AvgIpc) is 3.04. The van der Waals surface area contributed by atoms with Crippen LogP contribution >= 0.6 is 0 Å². The van der Waals surface area contributed by atoms with Crippen molar-refractivity contribution < 1.29 is 0 Å². The third-order valence-electron chi connectivity index (χ3n) is 3.54. The van der Waals surface area contributed by atoms with E-state index in [-0.39, 0.29) is 0 Å². The van der Waals surface area contributed by atoms with Crippen molar-refractivity contribution in [1.29, 1.82) is 0 Å². The van der Waals surface area contributed by atoms with E-state index < -0.39 is 0 Å². The summed E-state index contributed by atoms with van der Waals surface area (Å²) < 4.78 is 4.13. The van der Waals surface area contributed by atoms with Gasteiger partial charge in [-0.05, 0) is 29.6 Å². The Labute approximate surface area is 119 Å². The first kappa shape index (κ1) is 12.9. The van der Waals surface area contributed by atoms with E-state index in [4.69, 9.17) is 0 Å². The minimum atomic E-state index is 0.813. The summed E-state index contributed by atoms with van der Waals surface area (Å²) in [6.45, 7) is 4.83. The smallest absolute Gasteiger partial charge is 0.0821 e. The fraction of sp³-hybridized carbons (Fsp3) is 0.312. The van der Waals surface area contributed by atoms with Crippen LogP contribution in [0.5, 0.6) is 0 Å². The van der Waals surface area contributed by atoms with Crippen LogP contribution in [0.4, 0.5) is 0 Å². The third-order valence-corrected chi connectivity index (χ3v) is 3.54. The average molecular weight is 268 g/mol. The first-order valence-electron chi connectivity index (χ1n) is 7.04. The van der Waals surface area contributed by atoms with Crippen molar-refractivity contribution in [3.63, 3.8) is 0 Å². The fourth-order valence-corrected chi connectivity index (χ4v) is 2.60. The Bertz CT molecular complexity index is 708. The molecule has 0 bridgehead atoms. The van der Waals surface area contributed by atoms with E-state index in [1.807, 2.05) is 17.9 Å². The van der Waals surface area contributed by atoms with Crippen LogP contribution in [0.15, 0.2) is 42.7 Å². The van der Waals surface area contributed by atoms with Crippen LogP contribution in [-0.2, 0) is 20.1 Å². The number of benzene rings is 1. The van der Waals surface area contributed by atoms with Crippen molar-refractivity contribution in [3.05, 3.63) is 54.0 Å². The maximum absolute atomic E-state index is 4.46. The van der Waals surface area contributed by atoms with Gasteiger partial charge in [0.1, 0.15) is 0 Å². The SMILES string of the molecule is CCNCc1cccc2ccn(Cc3ccn(C)n3)c12. The summed E-state index contributed by atoms with van der Waals surface area (Å²) in [6.07, 6.45) is 4.13. The highest BCUT2D eigenvalue weighted by Crippen LogP contribution is 2.21. The molecule has 3 rings (SSSR count). The summed E-state index contributed by atoms with van der Waals surface area (Å²) in [6, 6.07) is 10.7. The molecule has 1 N–H and O–H groups in total. The first-order chi connectivity index (χ1) is 9.78. The van der Waals surface area contributed by atoms with Crippen molar-refractivity contribution in [2.45, 2.75) is 20.0 Å². The van der Waals surface area contributed by atoms with Crippen LogP contribution in [0.25, 0.3) is 10.9 Å².